The van der Waals surface area contributed by atoms with Gasteiger partial charge in [-0.25, -0.2) is 0 Å². The Morgan fingerprint density at radius 3 is 1.61 bits per heavy atom. The third-order valence-electron chi connectivity index (χ3n) is 5.89. The zero-order valence-electron chi connectivity index (χ0n) is 21.5. The van der Waals surface area contributed by atoms with Gasteiger partial charge in [-0.1, -0.05) is 65.8 Å². The lowest BCUT2D eigenvalue weighted by Crippen LogP contribution is -2.21. The van der Waals surface area contributed by atoms with E-state index in [-0.39, 0.29) is 16.5 Å². The van der Waals surface area contributed by atoms with Gasteiger partial charge in [-0.2, -0.15) is 13.2 Å². The molecule has 0 atom stereocenters. The molecule has 4 nitrogen and oxygen atoms in total. The minimum Gasteiger partial charge on any atom is -0.395 e. The molecule has 0 saturated carbocycles. The SMILES string of the molecule is CC(C)(C)c1ccc(N(c2ccc(C(C)(C)C)cc2)c2ccnc(C(=N)C=C(N)C(F)(F)F)c2)cc1. The second kappa shape index (κ2) is 9.80. The fourth-order valence-corrected chi connectivity index (χ4v) is 3.69. The number of anilines is 3. The molecular formula is C29H33F3N4. The van der Waals surface area contributed by atoms with Gasteiger partial charge in [-0.15, -0.1) is 0 Å². The van der Waals surface area contributed by atoms with Crippen molar-refractivity contribution in [2.75, 3.05) is 4.90 Å². The van der Waals surface area contributed by atoms with Gasteiger partial charge in [0.05, 0.1) is 11.4 Å². The highest BCUT2D eigenvalue weighted by Gasteiger charge is 2.31. The van der Waals surface area contributed by atoms with E-state index in [1.54, 1.807) is 12.1 Å². The van der Waals surface area contributed by atoms with Crippen molar-refractivity contribution in [3.8, 4) is 0 Å². The molecule has 190 valence electrons. The molecule has 0 aliphatic carbocycles. The van der Waals surface area contributed by atoms with Crippen LogP contribution in [0.5, 0.6) is 0 Å². The zero-order valence-corrected chi connectivity index (χ0v) is 21.5. The maximum absolute atomic E-state index is 12.9. The summed E-state index contributed by atoms with van der Waals surface area (Å²) in [6, 6.07) is 19.7. The molecule has 0 bridgehead atoms. The molecule has 36 heavy (non-hydrogen) atoms. The monoisotopic (exact) mass is 494 g/mol. The maximum atomic E-state index is 12.9. The number of nitrogens with zero attached hydrogens (tertiary/aromatic N) is 2. The number of pyridine rings is 1. The Hall–Kier alpha value is -3.61. The van der Waals surface area contributed by atoms with Crippen molar-refractivity contribution < 1.29 is 13.2 Å². The van der Waals surface area contributed by atoms with Crippen LogP contribution in [0.15, 0.2) is 78.6 Å². The number of alkyl halides is 3. The lowest BCUT2D eigenvalue weighted by atomic mass is 9.86. The average Bonchev–Trinajstić information content (AvgIpc) is 2.78. The van der Waals surface area contributed by atoms with Crippen LogP contribution in [0.25, 0.3) is 0 Å². The molecule has 0 unspecified atom stereocenters. The minimum absolute atomic E-state index is 0.0125. The van der Waals surface area contributed by atoms with Crippen LogP contribution in [0, 0.1) is 5.41 Å². The molecule has 7 heteroatoms. The quantitative estimate of drug-likeness (QED) is 0.354. The molecule has 0 fully saturated rings. The lowest BCUT2D eigenvalue weighted by Gasteiger charge is -2.28. The van der Waals surface area contributed by atoms with Gasteiger partial charge >= 0.3 is 6.18 Å². The van der Waals surface area contributed by atoms with Gasteiger partial charge in [0.15, 0.2) is 0 Å². The predicted octanol–water partition coefficient (Wildman–Crippen LogP) is 7.92. The van der Waals surface area contributed by atoms with E-state index >= 15 is 0 Å². The van der Waals surface area contributed by atoms with E-state index in [1.807, 2.05) is 29.2 Å². The Balaban J connectivity index is 2.11. The van der Waals surface area contributed by atoms with Crippen LogP contribution in [0.3, 0.4) is 0 Å². The first kappa shape index (κ1) is 27.0. The Labute approximate surface area is 211 Å². The molecule has 1 heterocycles. The number of nitrogens with two attached hydrogens (primary N) is 1. The topological polar surface area (TPSA) is 66.0 Å². The summed E-state index contributed by atoms with van der Waals surface area (Å²) < 4.78 is 38.7. The summed E-state index contributed by atoms with van der Waals surface area (Å²) in [6.07, 6.45) is -2.64. The van der Waals surface area contributed by atoms with Crippen molar-refractivity contribution in [3.05, 3.63) is 95.5 Å². The van der Waals surface area contributed by atoms with E-state index in [9.17, 15) is 13.2 Å². The number of rotatable bonds is 5. The van der Waals surface area contributed by atoms with Crippen molar-refractivity contribution in [1.29, 1.82) is 5.41 Å². The van der Waals surface area contributed by atoms with Crippen molar-refractivity contribution in [3.63, 3.8) is 0 Å². The zero-order chi connectivity index (χ0) is 26.9. The summed E-state index contributed by atoms with van der Waals surface area (Å²) in [5.41, 5.74) is 8.20. The minimum atomic E-state index is -4.71. The number of benzene rings is 2. The van der Waals surface area contributed by atoms with E-state index in [1.165, 1.54) is 17.3 Å². The summed E-state index contributed by atoms with van der Waals surface area (Å²) >= 11 is 0. The van der Waals surface area contributed by atoms with Gasteiger partial charge in [-0.3, -0.25) is 10.4 Å². The number of hydrogen-bond donors (Lipinski definition) is 2. The van der Waals surface area contributed by atoms with Gasteiger partial charge in [-0.05, 0) is 64.4 Å². The summed E-state index contributed by atoms with van der Waals surface area (Å²) in [4.78, 5) is 6.11. The number of nitrogens with one attached hydrogen (secondary N) is 1. The van der Waals surface area contributed by atoms with Crippen LogP contribution in [0.1, 0.15) is 58.4 Å². The first-order chi connectivity index (χ1) is 16.6. The number of hydrogen-bond acceptors (Lipinski definition) is 4. The molecule has 0 spiro atoms. The van der Waals surface area contributed by atoms with E-state index in [2.05, 4.69) is 70.8 Å². The normalized spacial score (nSPS) is 13.0. The molecule has 0 aliphatic rings. The number of allylic oxidation sites excluding steroid dienone is 2. The molecule has 0 radical (unpaired) electrons. The smallest absolute Gasteiger partial charge is 0.395 e. The van der Waals surface area contributed by atoms with E-state index < -0.39 is 17.6 Å². The average molecular weight is 495 g/mol. The van der Waals surface area contributed by atoms with Crippen molar-refractivity contribution in [2.24, 2.45) is 5.73 Å². The third-order valence-corrected chi connectivity index (χ3v) is 5.89. The lowest BCUT2D eigenvalue weighted by molar-refractivity contribution is -0.0925. The van der Waals surface area contributed by atoms with Crippen molar-refractivity contribution in [1.82, 2.24) is 4.98 Å². The van der Waals surface area contributed by atoms with Crippen LogP contribution >= 0.6 is 0 Å². The summed E-state index contributed by atoms with van der Waals surface area (Å²) in [6.45, 7) is 12.9. The Morgan fingerprint density at radius 1 is 0.778 bits per heavy atom. The molecule has 0 amide bonds. The largest absolute Gasteiger partial charge is 0.430 e. The summed E-state index contributed by atoms with van der Waals surface area (Å²) in [7, 11) is 0. The summed E-state index contributed by atoms with van der Waals surface area (Å²) in [5, 5.41) is 8.14. The highest BCUT2D eigenvalue weighted by molar-refractivity contribution is 6.06. The Morgan fingerprint density at radius 2 is 1.22 bits per heavy atom. The van der Waals surface area contributed by atoms with Gasteiger partial charge in [0, 0.05) is 23.3 Å². The van der Waals surface area contributed by atoms with Crippen LogP contribution in [0.2, 0.25) is 0 Å². The van der Waals surface area contributed by atoms with Gasteiger partial charge < -0.3 is 10.6 Å². The molecule has 3 N–H and O–H groups in total. The fourth-order valence-electron chi connectivity index (χ4n) is 3.69. The van der Waals surface area contributed by atoms with Crippen molar-refractivity contribution in [2.45, 2.75) is 58.5 Å². The maximum Gasteiger partial charge on any atom is 0.430 e. The van der Waals surface area contributed by atoms with Crippen LogP contribution in [-0.2, 0) is 10.8 Å². The van der Waals surface area contributed by atoms with Crippen LogP contribution in [0.4, 0.5) is 30.2 Å². The number of halogens is 3. The second-order valence-electron chi connectivity index (χ2n) is 10.8. The van der Waals surface area contributed by atoms with E-state index in [4.69, 9.17) is 11.1 Å². The molecule has 3 aromatic rings. The Bertz CT molecular complexity index is 1190. The highest BCUT2D eigenvalue weighted by atomic mass is 19.4. The number of aromatic nitrogens is 1. The summed E-state index contributed by atoms with van der Waals surface area (Å²) in [5.74, 6) is 0. The van der Waals surface area contributed by atoms with E-state index in [0.717, 1.165) is 11.4 Å². The fraction of sp³-hybridized carbons (Fsp3) is 0.310. The van der Waals surface area contributed by atoms with Gasteiger partial charge in [0.1, 0.15) is 5.70 Å². The Kier molecular flexibility index (Phi) is 7.35. The molecule has 0 aliphatic heterocycles. The molecule has 3 rings (SSSR count). The van der Waals surface area contributed by atoms with Gasteiger partial charge in [0.25, 0.3) is 0 Å². The van der Waals surface area contributed by atoms with Crippen LogP contribution < -0.4 is 10.6 Å². The van der Waals surface area contributed by atoms with Gasteiger partial charge in [0.2, 0.25) is 0 Å². The molecular weight excluding hydrogens is 461 g/mol. The first-order valence-electron chi connectivity index (χ1n) is 11.7. The molecule has 1 aromatic heterocycles. The van der Waals surface area contributed by atoms with Crippen LogP contribution in [-0.4, -0.2) is 16.9 Å². The second-order valence-corrected chi connectivity index (χ2v) is 10.8. The predicted molar refractivity (Wildman–Crippen MR) is 141 cm³/mol. The molecule has 2 aromatic carbocycles. The standard InChI is InChI=1S/C29H33F3N4/c1-27(2,3)19-7-11-21(12-8-19)36(22-13-9-20(10-14-22)28(4,5)6)23-15-16-35-25(17-23)24(33)18-26(34)29(30,31)32/h7-18,33H,34H2,1-6H3. The highest BCUT2D eigenvalue weighted by Crippen LogP contribution is 2.37. The molecule has 0 saturated heterocycles. The third kappa shape index (κ3) is 6.33. The van der Waals surface area contributed by atoms with E-state index in [0.29, 0.717) is 11.8 Å². The first-order valence-corrected chi connectivity index (χ1v) is 11.7. The van der Waals surface area contributed by atoms with Crippen molar-refractivity contribution >= 4 is 22.8 Å².